The normalized spacial score (nSPS) is 16.4. The summed E-state index contributed by atoms with van der Waals surface area (Å²) >= 11 is 0. The zero-order chi connectivity index (χ0) is 19.9. The van der Waals surface area contributed by atoms with Gasteiger partial charge < -0.3 is 14.3 Å². The third-order valence-electron chi connectivity index (χ3n) is 5.88. The molecule has 1 N–H and O–H groups in total. The summed E-state index contributed by atoms with van der Waals surface area (Å²) in [5.74, 6) is 0.805. The molecule has 0 radical (unpaired) electrons. The van der Waals surface area contributed by atoms with Crippen LogP contribution < -0.4 is 4.74 Å². The zero-order valence-corrected chi connectivity index (χ0v) is 16.9. The largest absolute Gasteiger partial charge is 0.491 e. The summed E-state index contributed by atoms with van der Waals surface area (Å²) in [6, 6.07) is 29.1. The van der Waals surface area contributed by atoms with E-state index in [0.29, 0.717) is 6.61 Å². The van der Waals surface area contributed by atoms with E-state index in [1.165, 1.54) is 29.5 Å². The van der Waals surface area contributed by atoms with E-state index in [4.69, 9.17) is 4.74 Å². The molecule has 1 heterocycles. The second kappa shape index (κ2) is 9.25. The quantitative estimate of drug-likeness (QED) is 0.556. The maximum Gasteiger partial charge on any atom is 0.137 e. The van der Waals surface area contributed by atoms with Crippen LogP contribution in [0.25, 0.3) is 11.1 Å². The standard InChI is InChI=1S/C26H30NO2/c28-25(20-27(17-7-8-18-27)19-22-9-3-1-4-10-22)21-29-26-15-13-24(14-16-26)23-11-5-2-6-12-23/h1-6,9-16,25,28H,7-8,17-21H2/q+1. The van der Waals surface area contributed by atoms with Crippen molar-refractivity contribution in [3.63, 3.8) is 0 Å². The van der Waals surface area contributed by atoms with Crippen molar-refractivity contribution in [3.8, 4) is 16.9 Å². The van der Waals surface area contributed by atoms with Crippen molar-refractivity contribution in [2.24, 2.45) is 0 Å². The van der Waals surface area contributed by atoms with Gasteiger partial charge in [0.05, 0.1) is 13.1 Å². The van der Waals surface area contributed by atoms with Crippen molar-refractivity contribution in [3.05, 3.63) is 90.5 Å². The lowest BCUT2D eigenvalue weighted by Gasteiger charge is -2.36. The van der Waals surface area contributed by atoms with Crippen LogP contribution >= 0.6 is 0 Å². The lowest BCUT2D eigenvalue weighted by molar-refractivity contribution is -0.932. The fourth-order valence-corrected chi connectivity index (χ4v) is 4.45. The lowest BCUT2D eigenvalue weighted by Crippen LogP contribution is -2.50. The Morgan fingerprint density at radius 2 is 1.34 bits per heavy atom. The third kappa shape index (κ3) is 5.26. The van der Waals surface area contributed by atoms with Crippen LogP contribution in [0.2, 0.25) is 0 Å². The van der Waals surface area contributed by atoms with Gasteiger partial charge in [-0.15, -0.1) is 0 Å². The fourth-order valence-electron chi connectivity index (χ4n) is 4.45. The Bertz CT molecular complexity index is 872. The first-order chi connectivity index (χ1) is 14.2. The van der Waals surface area contributed by atoms with Gasteiger partial charge in [-0.05, 0) is 23.3 Å². The molecule has 0 saturated carbocycles. The summed E-state index contributed by atoms with van der Waals surface area (Å²) in [6.07, 6.45) is 2.01. The van der Waals surface area contributed by atoms with Crippen molar-refractivity contribution in [1.82, 2.24) is 0 Å². The second-order valence-corrected chi connectivity index (χ2v) is 8.18. The summed E-state index contributed by atoms with van der Waals surface area (Å²) in [5.41, 5.74) is 3.71. The van der Waals surface area contributed by atoms with Crippen molar-refractivity contribution >= 4 is 0 Å². The maximum absolute atomic E-state index is 10.7. The van der Waals surface area contributed by atoms with E-state index in [1.807, 2.05) is 30.3 Å². The van der Waals surface area contributed by atoms with Gasteiger partial charge >= 0.3 is 0 Å². The van der Waals surface area contributed by atoms with Crippen LogP contribution in [-0.4, -0.2) is 41.9 Å². The van der Waals surface area contributed by atoms with Gasteiger partial charge in [0.2, 0.25) is 0 Å². The minimum Gasteiger partial charge on any atom is -0.491 e. The Morgan fingerprint density at radius 3 is 2.00 bits per heavy atom. The number of hydrogen-bond donors (Lipinski definition) is 1. The smallest absolute Gasteiger partial charge is 0.137 e. The fraction of sp³-hybridized carbons (Fsp3) is 0.308. The lowest BCUT2D eigenvalue weighted by atomic mass is 10.1. The monoisotopic (exact) mass is 388 g/mol. The van der Waals surface area contributed by atoms with Crippen molar-refractivity contribution < 1.29 is 14.3 Å². The first-order valence-corrected chi connectivity index (χ1v) is 10.6. The van der Waals surface area contributed by atoms with Gasteiger partial charge in [-0.3, -0.25) is 0 Å². The Balaban J connectivity index is 1.33. The first-order valence-electron chi connectivity index (χ1n) is 10.6. The summed E-state index contributed by atoms with van der Waals surface area (Å²) in [4.78, 5) is 0. The van der Waals surface area contributed by atoms with E-state index in [2.05, 4.69) is 54.6 Å². The minimum absolute atomic E-state index is 0.333. The van der Waals surface area contributed by atoms with Gasteiger partial charge in [-0.25, -0.2) is 0 Å². The SMILES string of the molecule is OC(COc1ccc(-c2ccccc2)cc1)C[N+]1(Cc2ccccc2)CCCC1. The van der Waals surface area contributed by atoms with E-state index in [0.717, 1.165) is 36.4 Å². The predicted molar refractivity (Wildman–Crippen MR) is 118 cm³/mol. The van der Waals surface area contributed by atoms with Crippen molar-refractivity contribution in [2.75, 3.05) is 26.2 Å². The highest BCUT2D eigenvalue weighted by molar-refractivity contribution is 5.63. The van der Waals surface area contributed by atoms with Gasteiger partial charge in [0.1, 0.15) is 31.5 Å². The first kappa shape index (κ1) is 19.7. The Morgan fingerprint density at radius 1 is 0.759 bits per heavy atom. The Kier molecular flexibility index (Phi) is 6.28. The zero-order valence-electron chi connectivity index (χ0n) is 16.9. The summed E-state index contributed by atoms with van der Waals surface area (Å²) in [5, 5.41) is 10.7. The predicted octanol–water partition coefficient (Wildman–Crippen LogP) is 4.90. The molecule has 3 aromatic carbocycles. The van der Waals surface area contributed by atoms with E-state index >= 15 is 0 Å². The van der Waals surface area contributed by atoms with Crippen LogP contribution in [0, 0.1) is 0 Å². The number of likely N-dealkylation sites (tertiary alicyclic amines) is 1. The Hall–Kier alpha value is -2.62. The van der Waals surface area contributed by atoms with Gasteiger partial charge in [0.15, 0.2) is 0 Å². The highest BCUT2D eigenvalue weighted by Gasteiger charge is 2.34. The molecule has 3 heteroatoms. The molecule has 0 bridgehead atoms. The number of rotatable bonds is 8. The van der Waals surface area contributed by atoms with Gasteiger partial charge in [0.25, 0.3) is 0 Å². The molecule has 4 rings (SSSR count). The highest BCUT2D eigenvalue weighted by Crippen LogP contribution is 2.25. The number of benzene rings is 3. The number of quaternary nitrogens is 1. The number of nitrogens with zero attached hydrogens (tertiary/aromatic N) is 1. The van der Waals surface area contributed by atoms with Gasteiger partial charge in [-0.1, -0.05) is 72.8 Å². The molecule has 1 fully saturated rings. The molecule has 1 aliphatic rings. The number of aliphatic hydroxyl groups excluding tert-OH is 1. The van der Waals surface area contributed by atoms with Crippen LogP contribution in [0.4, 0.5) is 0 Å². The number of hydrogen-bond acceptors (Lipinski definition) is 2. The molecular weight excluding hydrogens is 358 g/mol. The molecule has 1 saturated heterocycles. The van der Waals surface area contributed by atoms with Gasteiger partial charge in [0, 0.05) is 18.4 Å². The average Bonchev–Trinajstić information content (AvgIpc) is 3.22. The molecule has 29 heavy (non-hydrogen) atoms. The van der Waals surface area contributed by atoms with Crippen molar-refractivity contribution in [2.45, 2.75) is 25.5 Å². The molecule has 0 aliphatic carbocycles. The topological polar surface area (TPSA) is 29.5 Å². The van der Waals surface area contributed by atoms with Crippen LogP contribution in [0.5, 0.6) is 5.75 Å². The molecular formula is C26H30NO2+. The molecule has 0 aromatic heterocycles. The minimum atomic E-state index is -0.467. The molecule has 1 unspecified atom stereocenters. The summed E-state index contributed by atoms with van der Waals surface area (Å²) < 4.78 is 6.86. The van der Waals surface area contributed by atoms with Crippen molar-refractivity contribution in [1.29, 1.82) is 0 Å². The third-order valence-corrected chi connectivity index (χ3v) is 5.88. The molecule has 0 amide bonds. The summed E-state index contributed by atoms with van der Waals surface area (Å²) in [6.45, 7) is 4.34. The van der Waals surface area contributed by atoms with Crippen LogP contribution in [0.1, 0.15) is 18.4 Å². The molecule has 1 atom stereocenters. The average molecular weight is 389 g/mol. The highest BCUT2D eigenvalue weighted by atomic mass is 16.5. The maximum atomic E-state index is 10.7. The van der Waals surface area contributed by atoms with Crippen LogP contribution in [0.3, 0.4) is 0 Å². The molecule has 0 spiro atoms. The van der Waals surface area contributed by atoms with E-state index < -0.39 is 6.10 Å². The van der Waals surface area contributed by atoms with Crippen LogP contribution in [0.15, 0.2) is 84.9 Å². The van der Waals surface area contributed by atoms with Gasteiger partial charge in [-0.2, -0.15) is 0 Å². The van der Waals surface area contributed by atoms with Crippen LogP contribution in [-0.2, 0) is 6.54 Å². The molecule has 150 valence electrons. The number of ether oxygens (including phenoxy) is 1. The Labute approximate surface area is 173 Å². The van der Waals surface area contributed by atoms with E-state index in [9.17, 15) is 5.11 Å². The van der Waals surface area contributed by atoms with E-state index in [1.54, 1.807) is 0 Å². The van der Waals surface area contributed by atoms with E-state index in [-0.39, 0.29) is 0 Å². The second-order valence-electron chi connectivity index (χ2n) is 8.18. The molecule has 3 aromatic rings. The molecule has 3 nitrogen and oxygen atoms in total. The summed E-state index contributed by atoms with van der Waals surface area (Å²) in [7, 11) is 0. The molecule has 1 aliphatic heterocycles. The number of aliphatic hydroxyl groups is 1.